The van der Waals surface area contributed by atoms with Crippen LogP contribution in [0.5, 0.6) is 0 Å². The first-order valence-corrected chi connectivity index (χ1v) is 10.6. The van der Waals surface area contributed by atoms with Gasteiger partial charge in [-0.25, -0.2) is 0 Å². The van der Waals surface area contributed by atoms with Gasteiger partial charge in [0.1, 0.15) is 0 Å². The second-order valence-electron chi connectivity index (χ2n) is 3.30. The van der Waals surface area contributed by atoms with E-state index in [1.54, 1.807) is 0 Å². The van der Waals surface area contributed by atoms with Crippen molar-refractivity contribution in [1.29, 1.82) is 0 Å². The van der Waals surface area contributed by atoms with Crippen molar-refractivity contribution >= 4 is 27.3 Å². The molecule has 0 radical (unpaired) electrons. The smallest absolute Gasteiger partial charge is 0.406 e. The Labute approximate surface area is 78.4 Å². The molecule has 7 heteroatoms. The SMILES string of the molecule is CN(C)[Si]1(C)O[SiH](C)O[SiH](C)O1. The average Bonchev–Trinajstić information content (AvgIpc) is 1.82. The van der Waals surface area contributed by atoms with Crippen molar-refractivity contribution in [2.45, 2.75) is 19.6 Å². The maximum atomic E-state index is 5.80. The Bertz CT molecular complexity index is 158. The quantitative estimate of drug-likeness (QED) is 0.580. The van der Waals surface area contributed by atoms with E-state index in [2.05, 4.69) is 24.2 Å². The highest BCUT2D eigenvalue weighted by Gasteiger charge is 2.43. The molecule has 0 aromatic heterocycles. The van der Waals surface area contributed by atoms with Gasteiger partial charge in [-0.1, -0.05) is 0 Å². The Morgan fingerprint density at radius 1 is 1.08 bits per heavy atom. The van der Waals surface area contributed by atoms with E-state index in [1.807, 2.05) is 14.1 Å². The summed E-state index contributed by atoms with van der Waals surface area (Å²) in [7, 11) is -0.734. The van der Waals surface area contributed by atoms with Crippen LogP contribution in [-0.4, -0.2) is 46.0 Å². The van der Waals surface area contributed by atoms with Crippen LogP contribution in [0.25, 0.3) is 0 Å². The summed E-state index contributed by atoms with van der Waals surface area (Å²) in [6.45, 7) is 6.23. The van der Waals surface area contributed by atoms with Crippen LogP contribution in [0, 0.1) is 0 Å². The summed E-state index contributed by atoms with van der Waals surface area (Å²) >= 11 is 0. The zero-order valence-corrected chi connectivity index (χ0v) is 11.6. The normalized spacial score (nSPS) is 43.5. The number of nitrogens with zero attached hydrogens (tertiary/aromatic N) is 1. The molecule has 12 heavy (non-hydrogen) atoms. The van der Waals surface area contributed by atoms with E-state index in [0.29, 0.717) is 0 Å². The highest BCUT2D eigenvalue weighted by molar-refractivity contribution is 6.80. The van der Waals surface area contributed by atoms with E-state index in [9.17, 15) is 0 Å². The van der Waals surface area contributed by atoms with Crippen LogP contribution < -0.4 is 0 Å². The van der Waals surface area contributed by atoms with Crippen molar-refractivity contribution in [3.8, 4) is 0 Å². The Kier molecular flexibility index (Phi) is 3.26. The third-order valence-corrected chi connectivity index (χ3v) is 12.8. The molecule has 0 N–H and O–H groups in total. The summed E-state index contributed by atoms with van der Waals surface area (Å²) in [4.78, 5) is 0. The molecule has 0 spiro atoms. The second kappa shape index (κ2) is 3.70. The lowest BCUT2D eigenvalue weighted by Crippen LogP contribution is -2.62. The van der Waals surface area contributed by atoms with E-state index in [-0.39, 0.29) is 0 Å². The van der Waals surface area contributed by atoms with Crippen molar-refractivity contribution in [3.63, 3.8) is 0 Å². The van der Waals surface area contributed by atoms with Crippen LogP contribution in [0.1, 0.15) is 0 Å². The van der Waals surface area contributed by atoms with Gasteiger partial charge in [-0.2, -0.15) is 0 Å². The fourth-order valence-electron chi connectivity index (χ4n) is 1.18. The zero-order valence-electron chi connectivity index (χ0n) is 8.33. The summed E-state index contributed by atoms with van der Waals surface area (Å²) in [6.07, 6.45) is 0. The first-order chi connectivity index (χ1) is 5.44. The van der Waals surface area contributed by atoms with Gasteiger partial charge >= 0.3 is 27.3 Å². The Morgan fingerprint density at radius 3 is 1.83 bits per heavy atom. The summed E-state index contributed by atoms with van der Waals surface area (Å²) in [5, 5.41) is 0. The van der Waals surface area contributed by atoms with E-state index in [1.165, 1.54) is 0 Å². The molecule has 0 aromatic rings. The molecule has 1 aliphatic rings. The zero-order chi connectivity index (χ0) is 9.35. The molecule has 1 rings (SSSR count). The van der Waals surface area contributed by atoms with Gasteiger partial charge in [0.15, 0.2) is 0 Å². The molecule has 2 atom stereocenters. The minimum Gasteiger partial charge on any atom is -0.420 e. The molecule has 1 saturated heterocycles. The van der Waals surface area contributed by atoms with Crippen molar-refractivity contribution in [3.05, 3.63) is 0 Å². The second-order valence-corrected chi connectivity index (χ2v) is 11.2. The third kappa shape index (κ3) is 2.25. The molecule has 0 saturated carbocycles. The summed E-state index contributed by atoms with van der Waals surface area (Å²) < 4.78 is 19.3. The van der Waals surface area contributed by atoms with Crippen LogP contribution in [0.15, 0.2) is 0 Å². The van der Waals surface area contributed by atoms with Gasteiger partial charge in [0.25, 0.3) is 0 Å². The van der Waals surface area contributed by atoms with Gasteiger partial charge in [-0.05, 0) is 33.7 Å². The lowest BCUT2D eigenvalue weighted by Gasteiger charge is -2.41. The monoisotopic (exact) mass is 223 g/mol. The van der Waals surface area contributed by atoms with Crippen LogP contribution in [0.2, 0.25) is 19.6 Å². The molecule has 2 unspecified atom stereocenters. The van der Waals surface area contributed by atoms with Crippen LogP contribution in [0.3, 0.4) is 0 Å². The molecule has 1 heterocycles. The highest BCUT2D eigenvalue weighted by atomic mass is 28.5. The fraction of sp³-hybridized carbons (Fsp3) is 1.00. The van der Waals surface area contributed by atoms with Gasteiger partial charge < -0.3 is 12.3 Å². The summed E-state index contributed by atoms with van der Waals surface area (Å²) in [5.41, 5.74) is 0. The number of hydrogen-bond donors (Lipinski definition) is 0. The minimum atomic E-state index is -2.01. The molecular formula is C5H17NO3Si3. The van der Waals surface area contributed by atoms with Crippen molar-refractivity contribution < 1.29 is 12.3 Å². The molecule has 4 nitrogen and oxygen atoms in total. The molecule has 0 aliphatic carbocycles. The van der Waals surface area contributed by atoms with Gasteiger partial charge in [-0.15, -0.1) is 0 Å². The fourth-order valence-corrected chi connectivity index (χ4v) is 12.1. The van der Waals surface area contributed by atoms with E-state index in [0.717, 1.165) is 0 Å². The van der Waals surface area contributed by atoms with E-state index >= 15 is 0 Å². The first-order valence-electron chi connectivity index (χ1n) is 4.12. The molecule has 0 amide bonds. The van der Waals surface area contributed by atoms with Crippen LogP contribution in [0.4, 0.5) is 0 Å². The largest absolute Gasteiger partial charge is 0.420 e. The lowest BCUT2D eigenvalue weighted by atomic mass is 11.3. The molecule has 1 fully saturated rings. The van der Waals surface area contributed by atoms with E-state index in [4.69, 9.17) is 12.3 Å². The average molecular weight is 223 g/mol. The molecule has 1 aliphatic heterocycles. The Balaban J connectivity index is 2.65. The molecule has 0 aromatic carbocycles. The molecular weight excluding hydrogens is 206 g/mol. The first kappa shape index (κ1) is 10.6. The summed E-state index contributed by atoms with van der Waals surface area (Å²) in [5.74, 6) is 0. The topological polar surface area (TPSA) is 30.9 Å². The summed E-state index contributed by atoms with van der Waals surface area (Å²) in [6, 6.07) is 0. The number of rotatable bonds is 1. The predicted molar refractivity (Wildman–Crippen MR) is 54.6 cm³/mol. The Hall–Kier alpha value is 0.491. The van der Waals surface area contributed by atoms with Crippen molar-refractivity contribution in [2.24, 2.45) is 0 Å². The maximum Gasteiger partial charge on any atom is 0.406 e. The molecule has 72 valence electrons. The van der Waals surface area contributed by atoms with Gasteiger partial charge in [0, 0.05) is 0 Å². The van der Waals surface area contributed by atoms with Crippen molar-refractivity contribution in [1.82, 2.24) is 4.57 Å². The Morgan fingerprint density at radius 2 is 1.50 bits per heavy atom. The van der Waals surface area contributed by atoms with Crippen molar-refractivity contribution in [2.75, 3.05) is 14.1 Å². The molecule has 0 bridgehead atoms. The van der Waals surface area contributed by atoms with Gasteiger partial charge in [0.2, 0.25) is 0 Å². The van der Waals surface area contributed by atoms with Gasteiger partial charge in [0.05, 0.1) is 0 Å². The standard InChI is InChI=1S/C5H17NO3Si3/c1-6(2)12(5)8-10(3)7-11(4)9-12/h10-11H,1-5H3. The third-order valence-electron chi connectivity index (χ3n) is 1.96. The number of hydrogen-bond acceptors (Lipinski definition) is 4. The highest BCUT2D eigenvalue weighted by Crippen LogP contribution is 2.18. The lowest BCUT2D eigenvalue weighted by molar-refractivity contribution is 0.222. The maximum absolute atomic E-state index is 5.80. The predicted octanol–water partition coefficient (Wildman–Crippen LogP) is -0.119. The van der Waals surface area contributed by atoms with Crippen LogP contribution in [-0.2, 0) is 12.3 Å². The van der Waals surface area contributed by atoms with E-state index < -0.39 is 27.3 Å². The van der Waals surface area contributed by atoms with Crippen LogP contribution >= 0.6 is 0 Å². The minimum absolute atomic E-state index is 1.38. The van der Waals surface area contributed by atoms with Gasteiger partial charge in [-0.3, -0.25) is 4.57 Å².